The summed E-state index contributed by atoms with van der Waals surface area (Å²) in [5.41, 5.74) is 0.333. The second kappa shape index (κ2) is 5.80. The Morgan fingerprint density at radius 2 is 2.13 bits per heavy atom. The average molecular weight is 245 g/mol. The largest absolute Gasteiger partial charge is 0.244 e. The minimum atomic E-state index is 0.333. The third kappa shape index (κ3) is 3.14. The summed E-state index contributed by atoms with van der Waals surface area (Å²) >= 11 is 6.24. The second-order valence-electron chi connectivity index (χ2n) is 3.82. The molecule has 0 amide bonds. The van der Waals surface area contributed by atoms with Crippen LogP contribution in [0.15, 0.2) is 11.5 Å². The van der Waals surface area contributed by atoms with Crippen molar-refractivity contribution in [1.82, 2.24) is 14.8 Å². The van der Waals surface area contributed by atoms with Gasteiger partial charge in [-0.05, 0) is 24.0 Å². The lowest BCUT2D eigenvalue weighted by atomic mass is 9.87. The fraction of sp³-hybridized carbons (Fsp3) is 0.800. The van der Waals surface area contributed by atoms with Crippen molar-refractivity contribution in [3.63, 3.8) is 0 Å². The lowest BCUT2D eigenvalue weighted by molar-refractivity contribution is 0.357. The van der Waals surface area contributed by atoms with Crippen molar-refractivity contribution in [2.45, 2.75) is 31.8 Å². The first-order valence-corrected chi connectivity index (χ1v) is 6.87. The summed E-state index contributed by atoms with van der Waals surface area (Å²) in [5, 5.41) is 5.05. The lowest BCUT2D eigenvalue weighted by Gasteiger charge is -2.28. The summed E-state index contributed by atoms with van der Waals surface area (Å²) in [6.45, 7) is 4.47. The highest BCUT2D eigenvalue weighted by molar-refractivity contribution is 7.99. The maximum Gasteiger partial charge on any atom is 0.185 e. The predicted octanol–water partition coefficient (Wildman–Crippen LogP) is 2.64. The summed E-state index contributed by atoms with van der Waals surface area (Å²) in [6.07, 6.45) is 3.93. The molecule has 0 aromatic carbocycles. The lowest BCUT2D eigenvalue weighted by Crippen LogP contribution is -2.24. The predicted molar refractivity (Wildman–Crippen MR) is 68.6 cm³/mol. The second-order valence-corrected chi connectivity index (χ2v) is 5.08. The van der Waals surface area contributed by atoms with Crippen LogP contribution in [-0.2, 0) is 7.05 Å². The normalized spacial score (nSPS) is 12.0. The molecule has 0 aliphatic rings. The van der Waals surface area contributed by atoms with Crippen LogP contribution in [0.25, 0.3) is 0 Å². The Labute approximate surface area is 101 Å². The molecule has 15 heavy (non-hydrogen) atoms. The molecule has 0 aliphatic heterocycles. The van der Waals surface area contributed by atoms with Crippen LogP contribution in [0.4, 0.5) is 0 Å². The van der Waals surface area contributed by atoms with Crippen LogP contribution in [0.2, 0.25) is 0 Å². The van der Waals surface area contributed by atoms with Crippen molar-refractivity contribution in [3.05, 3.63) is 6.33 Å². The van der Waals surface area contributed by atoms with E-state index < -0.39 is 0 Å². The van der Waals surface area contributed by atoms with Gasteiger partial charge in [-0.1, -0.05) is 25.6 Å². The smallest absolute Gasteiger partial charge is 0.185 e. The fourth-order valence-electron chi connectivity index (χ4n) is 1.36. The van der Waals surface area contributed by atoms with Gasteiger partial charge in [-0.3, -0.25) is 0 Å². The van der Waals surface area contributed by atoms with Crippen molar-refractivity contribution in [1.29, 1.82) is 0 Å². The quantitative estimate of drug-likeness (QED) is 0.617. The Kier molecular flexibility index (Phi) is 4.99. The minimum absolute atomic E-state index is 0.333. The van der Waals surface area contributed by atoms with E-state index in [-0.39, 0.29) is 0 Å². The molecule has 1 aromatic heterocycles. The van der Waals surface area contributed by atoms with Crippen LogP contribution in [-0.4, -0.2) is 26.3 Å². The number of aryl methyl sites for hydroxylation is 1. The molecule has 0 spiro atoms. The van der Waals surface area contributed by atoms with Gasteiger partial charge < -0.3 is 0 Å². The number of thioether (sulfide) groups is 1. The van der Waals surface area contributed by atoms with Gasteiger partial charge in [0.2, 0.25) is 0 Å². The Morgan fingerprint density at radius 3 is 2.53 bits per heavy atom. The average Bonchev–Trinajstić information content (AvgIpc) is 2.67. The highest BCUT2D eigenvalue weighted by Crippen LogP contribution is 2.33. The van der Waals surface area contributed by atoms with E-state index in [9.17, 15) is 0 Å². The number of rotatable bonds is 6. The molecule has 86 valence electrons. The van der Waals surface area contributed by atoms with Gasteiger partial charge in [0, 0.05) is 12.8 Å². The van der Waals surface area contributed by atoms with Crippen LogP contribution >= 0.6 is 24.4 Å². The van der Waals surface area contributed by atoms with Gasteiger partial charge in [0.25, 0.3) is 0 Å². The highest BCUT2D eigenvalue weighted by Gasteiger charge is 2.25. The van der Waals surface area contributed by atoms with Gasteiger partial charge >= 0.3 is 0 Å². The van der Waals surface area contributed by atoms with Crippen molar-refractivity contribution < 1.29 is 0 Å². The SMILES string of the molecule is CCC(CC)(CS)CSc1ncnn1C. The number of nitrogens with zero attached hydrogens (tertiary/aromatic N) is 3. The van der Waals surface area contributed by atoms with Gasteiger partial charge in [0.05, 0.1) is 0 Å². The van der Waals surface area contributed by atoms with Crippen molar-refractivity contribution in [3.8, 4) is 0 Å². The van der Waals surface area contributed by atoms with E-state index >= 15 is 0 Å². The maximum absolute atomic E-state index is 4.46. The standard InChI is InChI=1S/C10H19N3S2/c1-4-10(5-2,6-14)7-15-9-11-8-12-13(9)3/h8,14H,4-7H2,1-3H3. The van der Waals surface area contributed by atoms with Gasteiger partial charge in [-0.25, -0.2) is 9.67 Å². The molecule has 0 radical (unpaired) electrons. The zero-order valence-corrected chi connectivity index (χ0v) is 11.3. The molecule has 3 nitrogen and oxygen atoms in total. The first-order valence-electron chi connectivity index (χ1n) is 5.25. The summed E-state index contributed by atoms with van der Waals surface area (Å²) in [7, 11) is 1.93. The molecule has 0 atom stereocenters. The van der Waals surface area contributed by atoms with E-state index in [1.807, 2.05) is 11.7 Å². The monoisotopic (exact) mass is 245 g/mol. The molecule has 0 fully saturated rings. The Balaban J connectivity index is 2.58. The van der Waals surface area contributed by atoms with Crippen molar-refractivity contribution >= 4 is 24.4 Å². The first kappa shape index (κ1) is 12.9. The zero-order chi connectivity index (χ0) is 11.3. The van der Waals surface area contributed by atoms with E-state index in [1.165, 1.54) is 0 Å². The molecule has 5 heteroatoms. The third-order valence-electron chi connectivity index (χ3n) is 3.01. The van der Waals surface area contributed by atoms with E-state index in [2.05, 4.69) is 36.6 Å². The van der Waals surface area contributed by atoms with E-state index in [4.69, 9.17) is 0 Å². The van der Waals surface area contributed by atoms with Crippen LogP contribution < -0.4 is 0 Å². The zero-order valence-electron chi connectivity index (χ0n) is 9.60. The molecular weight excluding hydrogens is 226 g/mol. The third-order valence-corrected chi connectivity index (χ3v) is 5.07. The Hall–Kier alpha value is -0.160. The molecule has 0 saturated heterocycles. The number of hydrogen-bond acceptors (Lipinski definition) is 4. The summed E-state index contributed by atoms with van der Waals surface area (Å²) in [6, 6.07) is 0. The molecule has 0 aliphatic carbocycles. The highest BCUT2D eigenvalue weighted by atomic mass is 32.2. The first-order chi connectivity index (χ1) is 7.17. The number of thiol groups is 1. The van der Waals surface area contributed by atoms with Crippen LogP contribution in [0.3, 0.4) is 0 Å². The Bertz CT molecular complexity index is 286. The van der Waals surface area contributed by atoms with E-state index in [1.54, 1.807) is 18.1 Å². The molecule has 0 N–H and O–H groups in total. The van der Waals surface area contributed by atoms with E-state index in [0.29, 0.717) is 5.41 Å². The minimum Gasteiger partial charge on any atom is -0.244 e. The summed E-state index contributed by atoms with van der Waals surface area (Å²) in [4.78, 5) is 4.21. The Morgan fingerprint density at radius 1 is 1.47 bits per heavy atom. The molecule has 1 rings (SSSR count). The molecule has 0 bridgehead atoms. The summed E-state index contributed by atoms with van der Waals surface area (Å²) in [5.74, 6) is 2.00. The topological polar surface area (TPSA) is 30.7 Å². The van der Waals surface area contributed by atoms with E-state index in [0.717, 1.165) is 29.5 Å². The molecule has 0 unspecified atom stereocenters. The van der Waals surface area contributed by atoms with Crippen LogP contribution in [0.5, 0.6) is 0 Å². The van der Waals surface area contributed by atoms with Crippen LogP contribution in [0.1, 0.15) is 26.7 Å². The molecule has 1 aromatic rings. The summed E-state index contributed by atoms with van der Waals surface area (Å²) < 4.78 is 1.82. The molecular formula is C10H19N3S2. The van der Waals surface area contributed by atoms with Gasteiger partial charge in [-0.15, -0.1) is 0 Å². The van der Waals surface area contributed by atoms with Gasteiger partial charge in [0.1, 0.15) is 6.33 Å². The van der Waals surface area contributed by atoms with Crippen molar-refractivity contribution in [2.24, 2.45) is 12.5 Å². The van der Waals surface area contributed by atoms with Gasteiger partial charge in [-0.2, -0.15) is 17.7 Å². The maximum atomic E-state index is 4.46. The molecule has 1 heterocycles. The van der Waals surface area contributed by atoms with Crippen LogP contribution in [0, 0.1) is 5.41 Å². The van der Waals surface area contributed by atoms with Crippen molar-refractivity contribution in [2.75, 3.05) is 11.5 Å². The fourth-order valence-corrected chi connectivity index (χ4v) is 3.37. The molecule has 0 saturated carbocycles. The number of hydrogen-bond donors (Lipinski definition) is 1. The van der Waals surface area contributed by atoms with Gasteiger partial charge in [0.15, 0.2) is 5.16 Å². The number of aromatic nitrogens is 3.